The zero-order valence-corrected chi connectivity index (χ0v) is 22.5. The fourth-order valence-corrected chi connectivity index (χ4v) is 10.4. The van der Waals surface area contributed by atoms with Crippen LogP contribution >= 0.6 is 0 Å². The molecule has 0 spiro atoms. The van der Waals surface area contributed by atoms with Crippen molar-refractivity contribution in [3.05, 3.63) is 11.6 Å². The van der Waals surface area contributed by atoms with Crippen LogP contribution in [0.4, 0.5) is 0 Å². The van der Waals surface area contributed by atoms with E-state index in [4.69, 9.17) is 0 Å². The van der Waals surface area contributed by atoms with Crippen LogP contribution in [0.25, 0.3) is 0 Å². The highest BCUT2D eigenvalue weighted by atomic mass is 16.4. The van der Waals surface area contributed by atoms with Crippen molar-refractivity contribution in [3.8, 4) is 0 Å². The molecule has 0 aromatic rings. The number of carbonyl (C=O) groups is 2. The molecule has 0 aromatic heterocycles. The summed E-state index contributed by atoms with van der Waals surface area (Å²) in [7, 11) is 0. The Hall–Kier alpha value is -1.16. The van der Waals surface area contributed by atoms with E-state index in [-0.39, 0.29) is 50.8 Å². The molecule has 9 atom stereocenters. The maximum absolute atomic E-state index is 14.2. The Balaban J connectivity index is 1.62. The van der Waals surface area contributed by atoms with Gasteiger partial charge in [0.15, 0.2) is 5.78 Å². The van der Waals surface area contributed by atoms with Crippen LogP contribution in [0.1, 0.15) is 106 Å². The molecule has 0 amide bonds. The van der Waals surface area contributed by atoms with Crippen LogP contribution in [0, 0.1) is 50.2 Å². The van der Waals surface area contributed by atoms with Gasteiger partial charge >= 0.3 is 5.97 Å². The van der Waals surface area contributed by atoms with E-state index < -0.39 is 11.4 Å². The number of carbonyl (C=O) groups excluding carboxylic acids is 1. The van der Waals surface area contributed by atoms with E-state index in [1.165, 1.54) is 5.57 Å². The third kappa shape index (κ3) is 2.81. The molecular formula is C30H46O4. The van der Waals surface area contributed by atoms with Crippen LogP contribution in [-0.2, 0) is 9.59 Å². The first kappa shape index (κ1) is 24.5. The van der Waals surface area contributed by atoms with Gasteiger partial charge in [-0.1, -0.05) is 47.1 Å². The van der Waals surface area contributed by atoms with Crippen molar-refractivity contribution >= 4 is 11.8 Å². The number of aliphatic hydroxyl groups is 1. The number of fused-ring (bicyclic) bond motifs is 7. The van der Waals surface area contributed by atoms with E-state index in [2.05, 4.69) is 41.5 Å². The monoisotopic (exact) mass is 470 g/mol. The van der Waals surface area contributed by atoms with Gasteiger partial charge in [-0.15, -0.1) is 0 Å². The fourth-order valence-electron chi connectivity index (χ4n) is 10.4. The lowest BCUT2D eigenvalue weighted by Gasteiger charge is -2.70. The maximum atomic E-state index is 14.2. The molecule has 4 saturated carbocycles. The molecule has 0 bridgehead atoms. The van der Waals surface area contributed by atoms with Crippen LogP contribution < -0.4 is 0 Å². The predicted octanol–water partition coefficient (Wildman–Crippen LogP) is 6.41. The summed E-state index contributed by atoms with van der Waals surface area (Å²) in [5.41, 5.74) is 0.142. The predicted molar refractivity (Wildman–Crippen MR) is 133 cm³/mol. The van der Waals surface area contributed by atoms with Crippen molar-refractivity contribution in [2.45, 2.75) is 112 Å². The van der Waals surface area contributed by atoms with Gasteiger partial charge in [-0.05, 0) is 110 Å². The van der Waals surface area contributed by atoms with Gasteiger partial charge in [0.2, 0.25) is 0 Å². The largest absolute Gasteiger partial charge is 0.481 e. The smallest absolute Gasteiger partial charge is 0.309 e. The Morgan fingerprint density at radius 2 is 1.56 bits per heavy atom. The molecule has 0 aromatic carbocycles. The van der Waals surface area contributed by atoms with Gasteiger partial charge in [0.1, 0.15) is 0 Å². The van der Waals surface area contributed by atoms with Crippen LogP contribution in [0.2, 0.25) is 0 Å². The van der Waals surface area contributed by atoms with Crippen molar-refractivity contribution in [1.82, 2.24) is 0 Å². The third-order valence-corrected chi connectivity index (χ3v) is 13.1. The highest BCUT2D eigenvalue weighted by Gasteiger charge is 2.70. The van der Waals surface area contributed by atoms with Crippen molar-refractivity contribution in [1.29, 1.82) is 0 Å². The first-order valence-corrected chi connectivity index (χ1v) is 13.7. The summed E-state index contributed by atoms with van der Waals surface area (Å²) >= 11 is 0. The minimum atomic E-state index is -0.711. The summed E-state index contributed by atoms with van der Waals surface area (Å²) in [4.78, 5) is 26.4. The van der Waals surface area contributed by atoms with Crippen LogP contribution in [-0.4, -0.2) is 28.1 Å². The first-order valence-electron chi connectivity index (χ1n) is 13.7. The van der Waals surface area contributed by atoms with Gasteiger partial charge in [-0.2, -0.15) is 0 Å². The van der Waals surface area contributed by atoms with Gasteiger partial charge in [0.25, 0.3) is 0 Å². The molecule has 5 aliphatic rings. The van der Waals surface area contributed by atoms with E-state index in [1.807, 2.05) is 13.0 Å². The van der Waals surface area contributed by atoms with Gasteiger partial charge < -0.3 is 10.2 Å². The first-order chi connectivity index (χ1) is 15.6. The summed E-state index contributed by atoms with van der Waals surface area (Å²) in [6, 6.07) is 0. The Kier molecular flexibility index (Phi) is 5.04. The fraction of sp³-hybridized carbons (Fsp3) is 0.867. The van der Waals surface area contributed by atoms with Gasteiger partial charge in [-0.25, -0.2) is 0 Å². The molecule has 0 saturated heterocycles. The van der Waals surface area contributed by atoms with Crippen LogP contribution in [0.15, 0.2) is 11.6 Å². The third-order valence-electron chi connectivity index (χ3n) is 13.1. The molecule has 4 fully saturated rings. The molecule has 5 rings (SSSR count). The molecule has 5 aliphatic carbocycles. The second-order valence-corrected chi connectivity index (χ2v) is 14.9. The molecule has 190 valence electrons. The highest BCUT2D eigenvalue weighted by Crippen LogP contribution is 2.75. The van der Waals surface area contributed by atoms with Crippen molar-refractivity contribution < 1.29 is 19.8 Å². The standard InChI is InChI=1S/C30H46O4/c1-25(2)21-8-11-30(7)23(28(21,5)10-9-22(25)32)20(31)16-18-19-17-27(4,24(33)34)13-12-26(19,3)14-15-29(18,30)6/h16,19,21-23,32H,8-15,17H2,1-7H3,(H,33,34)/t19-,21?,22?,23?,26-,27-,28-,29-,30+/m1/s1. The molecule has 0 radical (unpaired) electrons. The number of aliphatic hydroxyl groups excluding tert-OH is 1. The van der Waals surface area contributed by atoms with Crippen LogP contribution in [0.5, 0.6) is 0 Å². The molecule has 0 heterocycles. The zero-order chi connectivity index (χ0) is 25.1. The minimum Gasteiger partial charge on any atom is -0.481 e. The molecular weight excluding hydrogens is 424 g/mol. The van der Waals surface area contributed by atoms with Crippen molar-refractivity contribution in [2.75, 3.05) is 0 Å². The number of carboxylic acids is 1. The number of ketones is 1. The second-order valence-electron chi connectivity index (χ2n) is 14.9. The number of rotatable bonds is 1. The second kappa shape index (κ2) is 6.99. The quantitative estimate of drug-likeness (QED) is 0.464. The molecule has 34 heavy (non-hydrogen) atoms. The Bertz CT molecular complexity index is 965. The number of hydrogen-bond acceptors (Lipinski definition) is 3. The van der Waals surface area contributed by atoms with Crippen molar-refractivity contribution in [2.24, 2.45) is 50.2 Å². The normalized spacial score (nSPS) is 54.1. The molecule has 4 nitrogen and oxygen atoms in total. The van der Waals surface area contributed by atoms with E-state index in [1.54, 1.807) is 0 Å². The summed E-state index contributed by atoms with van der Waals surface area (Å²) < 4.78 is 0. The average Bonchev–Trinajstić information content (AvgIpc) is 2.73. The lowest BCUT2D eigenvalue weighted by Crippen LogP contribution is -2.66. The molecule has 4 heteroatoms. The Morgan fingerprint density at radius 1 is 0.912 bits per heavy atom. The molecule has 0 aliphatic heterocycles. The number of aliphatic carboxylic acids is 1. The lowest BCUT2D eigenvalue weighted by atomic mass is 9.33. The maximum Gasteiger partial charge on any atom is 0.309 e. The van der Waals surface area contributed by atoms with Crippen LogP contribution in [0.3, 0.4) is 0 Å². The summed E-state index contributed by atoms with van der Waals surface area (Å²) in [5, 5.41) is 20.9. The minimum absolute atomic E-state index is 0.0296. The summed E-state index contributed by atoms with van der Waals surface area (Å²) in [6.45, 7) is 15.8. The Labute approximate surface area is 206 Å². The zero-order valence-electron chi connectivity index (χ0n) is 22.5. The number of allylic oxidation sites excluding steroid dienone is 2. The van der Waals surface area contributed by atoms with E-state index >= 15 is 0 Å². The average molecular weight is 471 g/mol. The highest BCUT2D eigenvalue weighted by molar-refractivity contribution is 5.95. The molecule has 2 N–H and O–H groups in total. The molecule has 3 unspecified atom stereocenters. The lowest BCUT2D eigenvalue weighted by molar-refractivity contribution is -0.202. The number of hydrogen-bond donors (Lipinski definition) is 2. The summed E-state index contributed by atoms with van der Waals surface area (Å²) in [6.07, 6.45) is 9.95. The van der Waals surface area contributed by atoms with Gasteiger partial charge in [-0.3, -0.25) is 9.59 Å². The summed E-state index contributed by atoms with van der Waals surface area (Å²) in [5.74, 6) is 0.0603. The Morgan fingerprint density at radius 3 is 2.21 bits per heavy atom. The SMILES string of the molecule is CC1(C)C(O)CC[C@]2(C)C1CC[C@@]1(C)C2C(=O)C=C2[C@H]3C[C@](C)(C(=O)O)CC[C@]3(C)CC[C@]21C. The van der Waals surface area contributed by atoms with Gasteiger partial charge in [0.05, 0.1) is 11.5 Å². The topological polar surface area (TPSA) is 74.6 Å². The van der Waals surface area contributed by atoms with Gasteiger partial charge in [0, 0.05) is 5.92 Å². The number of carboxylic acid groups (broad SMARTS) is 1. The van der Waals surface area contributed by atoms with Crippen molar-refractivity contribution in [3.63, 3.8) is 0 Å². The van der Waals surface area contributed by atoms with E-state index in [9.17, 15) is 19.8 Å². The van der Waals surface area contributed by atoms with E-state index in [0.29, 0.717) is 12.3 Å². The van der Waals surface area contributed by atoms with E-state index in [0.717, 1.165) is 51.4 Å².